The van der Waals surface area contributed by atoms with Crippen molar-refractivity contribution in [3.63, 3.8) is 0 Å². The lowest BCUT2D eigenvalue weighted by molar-refractivity contribution is -0.206. The van der Waals surface area contributed by atoms with Gasteiger partial charge in [-0.15, -0.1) is 11.3 Å². The van der Waals surface area contributed by atoms with Gasteiger partial charge in [0, 0.05) is 29.0 Å². The minimum Gasteiger partial charge on any atom is -0.493 e. The summed E-state index contributed by atoms with van der Waals surface area (Å²) in [5.74, 6) is 0.395. The number of alkyl halides is 3. The summed E-state index contributed by atoms with van der Waals surface area (Å²) in [5, 5.41) is 11.6. The van der Waals surface area contributed by atoms with Crippen molar-refractivity contribution in [2.45, 2.75) is 24.8 Å². The highest BCUT2D eigenvalue weighted by atomic mass is 32.1. The molecule has 1 aliphatic heterocycles. The van der Waals surface area contributed by atoms with E-state index in [1.165, 1.54) is 23.3 Å². The van der Waals surface area contributed by atoms with Gasteiger partial charge in [-0.3, -0.25) is 4.90 Å². The number of cyclic esters (lactones) is 1. The first kappa shape index (κ1) is 19.7. The second-order valence-corrected chi connectivity index (χ2v) is 6.96. The van der Waals surface area contributed by atoms with Gasteiger partial charge in [0.15, 0.2) is 6.10 Å². The van der Waals surface area contributed by atoms with Crippen LogP contribution in [-0.4, -0.2) is 56.5 Å². The third kappa shape index (κ3) is 4.45. The molecule has 1 fully saturated rings. The molecule has 10 heteroatoms. The number of nitrogens with zero attached hydrogens (tertiary/aromatic N) is 1. The van der Waals surface area contributed by atoms with Crippen LogP contribution in [0, 0.1) is 0 Å². The van der Waals surface area contributed by atoms with Gasteiger partial charge in [0.25, 0.3) is 0 Å². The standard InChI is InChI=1S/C17H18F3NO5S/c1-24-8-11-7-21(16(23)26-11)13-9-27-14-6-10(2-3-12(13)14)25-5-4-15(22)17(18,19)20/h2-3,6,9,11,15,22H,4-5,7-8H2,1H3/t11-,15?/m1/s1. The number of methoxy groups -OCH3 is 1. The molecule has 2 atom stereocenters. The highest BCUT2D eigenvalue weighted by Gasteiger charge is 2.37. The largest absolute Gasteiger partial charge is 0.493 e. The van der Waals surface area contributed by atoms with Crippen LogP contribution < -0.4 is 9.64 Å². The lowest BCUT2D eigenvalue weighted by atomic mass is 10.2. The molecule has 3 rings (SSSR count). The topological polar surface area (TPSA) is 68.2 Å². The van der Waals surface area contributed by atoms with Crippen molar-refractivity contribution in [3.05, 3.63) is 23.6 Å². The molecule has 1 N–H and O–H groups in total. The maximum atomic E-state index is 12.3. The Kier molecular flexibility index (Phi) is 5.78. The van der Waals surface area contributed by atoms with Crippen LogP contribution in [0.15, 0.2) is 23.6 Å². The summed E-state index contributed by atoms with van der Waals surface area (Å²) in [6, 6.07) is 5.05. The number of halogens is 3. The van der Waals surface area contributed by atoms with E-state index in [1.54, 1.807) is 18.2 Å². The third-order valence-corrected chi connectivity index (χ3v) is 5.01. The Hall–Kier alpha value is -2.04. The first-order valence-electron chi connectivity index (χ1n) is 8.15. The number of thiophene rings is 1. The SMILES string of the molecule is COC[C@H]1CN(c2csc3cc(OCCC(O)C(F)(F)F)ccc23)C(=O)O1. The summed E-state index contributed by atoms with van der Waals surface area (Å²) in [7, 11) is 1.53. The van der Waals surface area contributed by atoms with Crippen LogP contribution in [0.5, 0.6) is 5.75 Å². The number of benzene rings is 1. The van der Waals surface area contributed by atoms with Crippen molar-refractivity contribution >= 4 is 33.2 Å². The van der Waals surface area contributed by atoms with Gasteiger partial charge < -0.3 is 19.3 Å². The van der Waals surface area contributed by atoms with Crippen LogP contribution in [-0.2, 0) is 9.47 Å². The van der Waals surface area contributed by atoms with E-state index in [1.807, 2.05) is 5.38 Å². The van der Waals surface area contributed by atoms with Crippen molar-refractivity contribution < 1.29 is 37.3 Å². The fourth-order valence-electron chi connectivity index (χ4n) is 2.74. The molecule has 27 heavy (non-hydrogen) atoms. The van der Waals surface area contributed by atoms with Crippen molar-refractivity contribution in [3.8, 4) is 5.75 Å². The second-order valence-electron chi connectivity index (χ2n) is 6.05. The first-order chi connectivity index (χ1) is 12.8. The Morgan fingerprint density at radius 2 is 2.22 bits per heavy atom. The normalized spacial score (nSPS) is 18.8. The molecule has 0 aliphatic carbocycles. The van der Waals surface area contributed by atoms with E-state index in [0.717, 1.165) is 10.1 Å². The Morgan fingerprint density at radius 1 is 1.44 bits per heavy atom. The van der Waals surface area contributed by atoms with Gasteiger partial charge in [0.05, 0.1) is 25.4 Å². The third-order valence-electron chi connectivity index (χ3n) is 4.08. The number of amides is 1. The molecule has 0 saturated carbocycles. The van der Waals surface area contributed by atoms with E-state index in [0.29, 0.717) is 24.6 Å². The molecule has 0 bridgehead atoms. The number of anilines is 1. The lowest BCUT2D eigenvalue weighted by Gasteiger charge is -2.15. The lowest BCUT2D eigenvalue weighted by Crippen LogP contribution is -2.30. The van der Waals surface area contributed by atoms with E-state index >= 15 is 0 Å². The molecule has 2 heterocycles. The number of rotatable bonds is 7. The van der Waals surface area contributed by atoms with Crippen LogP contribution >= 0.6 is 11.3 Å². The molecule has 148 valence electrons. The van der Waals surface area contributed by atoms with Crippen LogP contribution in [0.25, 0.3) is 10.1 Å². The van der Waals surface area contributed by atoms with Gasteiger partial charge in [0.2, 0.25) is 0 Å². The summed E-state index contributed by atoms with van der Waals surface area (Å²) < 4.78 is 53.2. The number of hydrogen-bond donors (Lipinski definition) is 1. The minimum atomic E-state index is -4.65. The number of aliphatic hydroxyl groups is 1. The average Bonchev–Trinajstić information content (AvgIpc) is 3.17. The highest BCUT2D eigenvalue weighted by Crippen LogP contribution is 2.37. The molecular weight excluding hydrogens is 387 g/mol. The Balaban J connectivity index is 1.67. The Bertz CT molecular complexity index is 809. The molecule has 1 saturated heterocycles. The molecule has 0 spiro atoms. The number of ether oxygens (including phenoxy) is 3. The number of carbonyl (C=O) groups is 1. The predicted molar refractivity (Wildman–Crippen MR) is 93.5 cm³/mol. The fourth-order valence-corrected chi connectivity index (χ4v) is 3.71. The van der Waals surface area contributed by atoms with Crippen molar-refractivity contribution in [1.29, 1.82) is 0 Å². The zero-order valence-electron chi connectivity index (χ0n) is 14.4. The molecule has 0 radical (unpaired) electrons. The van der Waals surface area contributed by atoms with Gasteiger partial charge in [-0.05, 0) is 18.2 Å². The fraction of sp³-hybridized carbons (Fsp3) is 0.471. The summed E-state index contributed by atoms with van der Waals surface area (Å²) >= 11 is 1.39. The molecule has 1 aliphatic rings. The summed E-state index contributed by atoms with van der Waals surface area (Å²) in [6.07, 6.45) is -8.38. The van der Waals surface area contributed by atoms with Crippen LogP contribution in [0.4, 0.5) is 23.7 Å². The Morgan fingerprint density at radius 3 is 2.93 bits per heavy atom. The molecule has 1 aromatic carbocycles. The van der Waals surface area contributed by atoms with E-state index in [4.69, 9.17) is 19.3 Å². The van der Waals surface area contributed by atoms with Crippen molar-refractivity contribution in [2.24, 2.45) is 0 Å². The van der Waals surface area contributed by atoms with E-state index in [-0.39, 0.29) is 12.7 Å². The van der Waals surface area contributed by atoms with Crippen LogP contribution in [0.3, 0.4) is 0 Å². The van der Waals surface area contributed by atoms with Gasteiger partial charge in [0.1, 0.15) is 11.9 Å². The van der Waals surface area contributed by atoms with Crippen molar-refractivity contribution in [2.75, 3.05) is 31.8 Å². The van der Waals surface area contributed by atoms with E-state index < -0.39 is 24.8 Å². The predicted octanol–water partition coefficient (Wildman–Crippen LogP) is 3.57. The molecule has 6 nitrogen and oxygen atoms in total. The second kappa shape index (κ2) is 7.91. The van der Waals surface area contributed by atoms with Gasteiger partial charge in [-0.1, -0.05) is 0 Å². The summed E-state index contributed by atoms with van der Waals surface area (Å²) in [5.41, 5.74) is 0.706. The Labute approximate surface area is 157 Å². The van der Waals surface area contributed by atoms with Crippen molar-refractivity contribution in [1.82, 2.24) is 0 Å². The number of aliphatic hydroxyl groups excluding tert-OH is 1. The average molecular weight is 405 g/mol. The monoisotopic (exact) mass is 405 g/mol. The summed E-state index contributed by atoms with van der Waals surface area (Å²) in [4.78, 5) is 13.6. The molecule has 2 aromatic rings. The van der Waals surface area contributed by atoms with Crippen LogP contribution in [0.2, 0.25) is 0 Å². The molecule has 1 aromatic heterocycles. The molecule has 1 unspecified atom stereocenters. The smallest absolute Gasteiger partial charge is 0.414 e. The highest BCUT2D eigenvalue weighted by molar-refractivity contribution is 7.17. The van der Waals surface area contributed by atoms with Gasteiger partial charge in [-0.2, -0.15) is 13.2 Å². The van der Waals surface area contributed by atoms with E-state index in [9.17, 15) is 18.0 Å². The maximum absolute atomic E-state index is 12.3. The minimum absolute atomic E-state index is 0.262. The zero-order chi connectivity index (χ0) is 19.6. The number of carbonyl (C=O) groups excluding carboxylic acids is 1. The van der Waals surface area contributed by atoms with Gasteiger partial charge >= 0.3 is 12.3 Å². The molecule has 1 amide bonds. The molecular formula is C17H18F3NO5S. The van der Waals surface area contributed by atoms with Crippen LogP contribution in [0.1, 0.15) is 6.42 Å². The number of hydrogen-bond acceptors (Lipinski definition) is 6. The quantitative estimate of drug-likeness (QED) is 0.763. The number of fused-ring (bicyclic) bond motifs is 1. The zero-order valence-corrected chi connectivity index (χ0v) is 15.2. The summed E-state index contributed by atoms with van der Waals surface area (Å²) in [6.45, 7) is 0.430. The first-order valence-corrected chi connectivity index (χ1v) is 9.03. The van der Waals surface area contributed by atoms with Gasteiger partial charge in [-0.25, -0.2) is 4.79 Å². The van der Waals surface area contributed by atoms with E-state index in [2.05, 4.69) is 0 Å². The maximum Gasteiger partial charge on any atom is 0.414 e.